The fraction of sp³-hybridized carbons (Fsp3) is 0.250. The van der Waals surface area contributed by atoms with Crippen molar-refractivity contribution < 1.29 is 18.9 Å². The van der Waals surface area contributed by atoms with Crippen LogP contribution in [0.4, 0.5) is 0 Å². The van der Waals surface area contributed by atoms with Crippen LogP contribution >= 0.6 is 0 Å². The van der Waals surface area contributed by atoms with Gasteiger partial charge in [-0.05, 0) is 35.4 Å². The number of fused-ring (bicyclic) bond motifs is 1. The van der Waals surface area contributed by atoms with E-state index < -0.39 is 0 Å². The quantitative estimate of drug-likeness (QED) is 0.624. The first kappa shape index (κ1) is 19.2. The van der Waals surface area contributed by atoms with E-state index in [1.54, 1.807) is 7.11 Å². The molecule has 1 heterocycles. The number of hydrogen-bond donors (Lipinski definition) is 1. The number of hydrogen-bond acceptors (Lipinski definition) is 5. The predicted molar refractivity (Wildman–Crippen MR) is 112 cm³/mol. The summed E-state index contributed by atoms with van der Waals surface area (Å²) in [5.74, 6) is 3.07. The molecule has 0 saturated carbocycles. The first-order valence-electron chi connectivity index (χ1n) is 9.74. The summed E-state index contributed by atoms with van der Waals surface area (Å²) in [5.41, 5.74) is 2.23. The first-order chi connectivity index (χ1) is 14.3. The highest BCUT2D eigenvalue weighted by molar-refractivity contribution is 5.43. The van der Waals surface area contributed by atoms with Crippen molar-refractivity contribution in [1.82, 2.24) is 5.32 Å². The third kappa shape index (κ3) is 5.00. The van der Waals surface area contributed by atoms with E-state index in [9.17, 15) is 0 Å². The molecule has 0 radical (unpaired) electrons. The van der Waals surface area contributed by atoms with Gasteiger partial charge in [0, 0.05) is 13.1 Å². The molecular weight excluding hydrogens is 366 g/mol. The molecule has 1 aliphatic rings. The summed E-state index contributed by atoms with van der Waals surface area (Å²) >= 11 is 0. The molecule has 5 heteroatoms. The number of benzene rings is 3. The maximum atomic E-state index is 5.99. The average Bonchev–Trinajstić information content (AvgIpc) is 2.78. The second-order valence-electron chi connectivity index (χ2n) is 6.89. The third-order valence-electron chi connectivity index (χ3n) is 4.73. The van der Waals surface area contributed by atoms with Gasteiger partial charge in [-0.2, -0.15) is 0 Å². The molecule has 0 fully saturated rings. The van der Waals surface area contributed by atoms with E-state index in [0.717, 1.165) is 34.1 Å². The summed E-state index contributed by atoms with van der Waals surface area (Å²) in [7, 11) is 1.65. The Hall–Kier alpha value is -3.18. The zero-order valence-electron chi connectivity index (χ0n) is 16.5. The normalized spacial score (nSPS) is 15.0. The molecule has 29 heavy (non-hydrogen) atoms. The van der Waals surface area contributed by atoms with Gasteiger partial charge >= 0.3 is 0 Å². The molecule has 1 aliphatic heterocycles. The monoisotopic (exact) mass is 391 g/mol. The van der Waals surface area contributed by atoms with E-state index in [0.29, 0.717) is 26.3 Å². The predicted octanol–water partition coefficient (Wildman–Crippen LogP) is 4.20. The van der Waals surface area contributed by atoms with Crippen molar-refractivity contribution in [1.29, 1.82) is 0 Å². The standard InChI is InChI=1S/C24H25NO4/c1-26-21-12-11-19(13-24(21)27-16-18-7-3-2-4-8-18)14-25-15-20-17-28-22-9-5-6-10-23(22)29-20/h2-13,20,25H,14-17H2,1H3/t20-/m0/s1. The van der Waals surface area contributed by atoms with Gasteiger partial charge in [0.05, 0.1) is 7.11 Å². The molecule has 4 rings (SSSR count). The Kier molecular flexibility index (Phi) is 6.17. The minimum atomic E-state index is -0.0167. The lowest BCUT2D eigenvalue weighted by molar-refractivity contribution is 0.0902. The lowest BCUT2D eigenvalue weighted by atomic mass is 10.2. The average molecular weight is 391 g/mol. The molecule has 1 atom stereocenters. The van der Waals surface area contributed by atoms with E-state index in [4.69, 9.17) is 18.9 Å². The zero-order chi connectivity index (χ0) is 19.9. The molecular formula is C24H25NO4. The Bertz CT molecular complexity index is 929. The minimum Gasteiger partial charge on any atom is -0.493 e. The highest BCUT2D eigenvalue weighted by Gasteiger charge is 2.20. The van der Waals surface area contributed by atoms with Gasteiger partial charge in [0.15, 0.2) is 23.0 Å². The molecule has 0 spiro atoms. The SMILES string of the molecule is COc1ccc(CNC[C@H]2COc3ccccc3O2)cc1OCc1ccccc1. The summed E-state index contributed by atoms with van der Waals surface area (Å²) in [4.78, 5) is 0. The molecule has 5 nitrogen and oxygen atoms in total. The van der Waals surface area contributed by atoms with Crippen molar-refractivity contribution in [2.24, 2.45) is 0 Å². The first-order valence-corrected chi connectivity index (χ1v) is 9.74. The Morgan fingerprint density at radius 3 is 2.52 bits per heavy atom. The van der Waals surface area contributed by atoms with Crippen molar-refractivity contribution in [2.45, 2.75) is 19.3 Å². The molecule has 3 aromatic rings. The van der Waals surface area contributed by atoms with Crippen LogP contribution in [0.25, 0.3) is 0 Å². The largest absolute Gasteiger partial charge is 0.493 e. The molecule has 0 aliphatic carbocycles. The van der Waals surface area contributed by atoms with Gasteiger partial charge in [-0.15, -0.1) is 0 Å². The number of nitrogens with one attached hydrogen (secondary N) is 1. The number of para-hydroxylation sites is 2. The van der Waals surface area contributed by atoms with E-state index >= 15 is 0 Å². The second kappa shape index (κ2) is 9.34. The Morgan fingerprint density at radius 1 is 0.897 bits per heavy atom. The number of ether oxygens (including phenoxy) is 4. The maximum absolute atomic E-state index is 5.99. The smallest absolute Gasteiger partial charge is 0.161 e. The Balaban J connectivity index is 1.32. The van der Waals surface area contributed by atoms with Crippen LogP contribution in [-0.4, -0.2) is 26.4 Å². The molecule has 0 aromatic heterocycles. The molecule has 0 unspecified atom stereocenters. The van der Waals surface area contributed by atoms with Crippen molar-refractivity contribution in [3.63, 3.8) is 0 Å². The molecule has 150 valence electrons. The highest BCUT2D eigenvalue weighted by Crippen LogP contribution is 2.31. The van der Waals surface area contributed by atoms with Crippen LogP contribution in [0.1, 0.15) is 11.1 Å². The van der Waals surface area contributed by atoms with Gasteiger partial charge in [0.1, 0.15) is 19.3 Å². The van der Waals surface area contributed by atoms with Crippen molar-refractivity contribution >= 4 is 0 Å². The van der Waals surface area contributed by atoms with Gasteiger partial charge in [-0.25, -0.2) is 0 Å². The van der Waals surface area contributed by atoms with Crippen LogP contribution in [-0.2, 0) is 13.2 Å². The van der Waals surface area contributed by atoms with Crippen molar-refractivity contribution in [3.05, 3.63) is 83.9 Å². The Morgan fingerprint density at radius 2 is 1.69 bits per heavy atom. The molecule has 0 amide bonds. The lowest BCUT2D eigenvalue weighted by Crippen LogP contribution is -2.38. The van der Waals surface area contributed by atoms with Crippen LogP contribution in [0.3, 0.4) is 0 Å². The molecule has 3 aromatic carbocycles. The fourth-order valence-corrected chi connectivity index (χ4v) is 3.22. The van der Waals surface area contributed by atoms with Gasteiger partial charge in [0.25, 0.3) is 0 Å². The van der Waals surface area contributed by atoms with E-state index in [1.165, 1.54) is 0 Å². The van der Waals surface area contributed by atoms with Gasteiger partial charge in [-0.3, -0.25) is 0 Å². The highest BCUT2D eigenvalue weighted by atomic mass is 16.6. The van der Waals surface area contributed by atoms with Crippen LogP contribution < -0.4 is 24.3 Å². The van der Waals surface area contributed by atoms with Crippen LogP contribution in [0, 0.1) is 0 Å². The fourth-order valence-electron chi connectivity index (χ4n) is 3.22. The maximum Gasteiger partial charge on any atom is 0.161 e. The van der Waals surface area contributed by atoms with Gasteiger partial charge in [-0.1, -0.05) is 48.5 Å². The summed E-state index contributed by atoms with van der Waals surface area (Å²) in [5, 5.41) is 3.44. The summed E-state index contributed by atoms with van der Waals surface area (Å²) in [6, 6.07) is 23.8. The number of methoxy groups -OCH3 is 1. The zero-order valence-corrected chi connectivity index (χ0v) is 16.5. The molecule has 1 N–H and O–H groups in total. The van der Waals surface area contributed by atoms with Gasteiger partial charge in [0.2, 0.25) is 0 Å². The topological polar surface area (TPSA) is 49.0 Å². The van der Waals surface area contributed by atoms with Crippen LogP contribution in [0.5, 0.6) is 23.0 Å². The third-order valence-corrected chi connectivity index (χ3v) is 4.73. The van der Waals surface area contributed by atoms with Crippen LogP contribution in [0.15, 0.2) is 72.8 Å². The lowest BCUT2D eigenvalue weighted by Gasteiger charge is -2.26. The summed E-state index contributed by atoms with van der Waals surface area (Å²) in [6.45, 7) is 2.44. The summed E-state index contributed by atoms with van der Waals surface area (Å²) in [6.07, 6.45) is -0.0167. The van der Waals surface area contributed by atoms with E-state index in [-0.39, 0.29) is 6.10 Å². The Labute approximate surface area is 171 Å². The van der Waals surface area contributed by atoms with Gasteiger partial charge < -0.3 is 24.3 Å². The minimum absolute atomic E-state index is 0.0167. The number of rotatable bonds is 8. The van der Waals surface area contributed by atoms with E-state index in [1.807, 2.05) is 72.8 Å². The van der Waals surface area contributed by atoms with Crippen LogP contribution in [0.2, 0.25) is 0 Å². The summed E-state index contributed by atoms with van der Waals surface area (Å²) < 4.78 is 23.2. The second-order valence-corrected chi connectivity index (χ2v) is 6.89. The van der Waals surface area contributed by atoms with Crippen molar-refractivity contribution in [3.8, 4) is 23.0 Å². The van der Waals surface area contributed by atoms with Crippen molar-refractivity contribution in [2.75, 3.05) is 20.3 Å². The molecule has 0 bridgehead atoms. The molecule has 0 saturated heterocycles. The van der Waals surface area contributed by atoms with E-state index in [2.05, 4.69) is 5.32 Å².